The summed E-state index contributed by atoms with van der Waals surface area (Å²) in [6.07, 6.45) is 0. The van der Waals surface area contributed by atoms with Crippen molar-refractivity contribution in [3.63, 3.8) is 0 Å². The largest absolute Gasteiger partial charge is 0.488 e. The zero-order valence-corrected chi connectivity index (χ0v) is 14.0. The normalized spacial score (nSPS) is 10.8. The van der Waals surface area contributed by atoms with Crippen molar-refractivity contribution in [1.29, 1.82) is 0 Å². The molecular formula is C19H11F5OS. The van der Waals surface area contributed by atoms with Crippen molar-refractivity contribution in [1.82, 2.24) is 0 Å². The molecule has 134 valence electrons. The summed E-state index contributed by atoms with van der Waals surface area (Å²) in [6.45, 7) is -0.613. The number of thiol groups is 1. The summed E-state index contributed by atoms with van der Waals surface area (Å²) >= 11 is 4.14. The van der Waals surface area contributed by atoms with Crippen LogP contribution in [0.1, 0.15) is 5.56 Å². The molecule has 1 nitrogen and oxygen atoms in total. The molecule has 3 rings (SSSR count). The predicted octanol–water partition coefficient (Wildman–Crippen LogP) is 5.92. The van der Waals surface area contributed by atoms with Crippen LogP contribution < -0.4 is 4.74 Å². The first-order valence-electron chi connectivity index (χ1n) is 7.40. The van der Waals surface area contributed by atoms with Crippen LogP contribution in [0.15, 0.2) is 53.4 Å². The lowest BCUT2D eigenvalue weighted by Crippen LogP contribution is -2.04. The maximum atomic E-state index is 14.3. The van der Waals surface area contributed by atoms with Crippen LogP contribution in [0.25, 0.3) is 11.1 Å². The van der Waals surface area contributed by atoms with E-state index in [0.717, 1.165) is 12.1 Å². The van der Waals surface area contributed by atoms with E-state index in [1.165, 1.54) is 0 Å². The maximum absolute atomic E-state index is 14.3. The van der Waals surface area contributed by atoms with Crippen molar-refractivity contribution in [2.75, 3.05) is 0 Å². The maximum Gasteiger partial charge on any atom is 0.194 e. The van der Waals surface area contributed by atoms with Gasteiger partial charge in [0.25, 0.3) is 0 Å². The van der Waals surface area contributed by atoms with Gasteiger partial charge in [-0.1, -0.05) is 12.1 Å². The number of hydrogen-bond acceptors (Lipinski definition) is 2. The highest BCUT2D eigenvalue weighted by Crippen LogP contribution is 2.27. The number of halogens is 5. The van der Waals surface area contributed by atoms with Gasteiger partial charge in [-0.05, 0) is 35.4 Å². The molecule has 0 fully saturated rings. The number of ether oxygens (including phenoxy) is 1. The zero-order chi connectivity index (χ0) is 18.8. The fourth-order valence-corrected chi connectivity index (χ4v) is 2.48. The molecule has 0 bridgehead atoms. The van der Waals surface area contributed by atoms with Crippen molar-refractivity contribution < 1.29 is 26.7 Å². The molecule has 0 radical (unpaired) electrons. The van der Waals surface area contributed by atoms with Gasteiger partial charge in [0.2, 0.25) is 0 Å². The highest BCUT2D eigenvalue weighted by atomic mass is 32.1. The van der Waals surface area contributed by atoms with Gasteiger partial charge in [0.05, 0.1) is 5.56 Å². The van der Waals surface area contributed by atoms with Crippen molar-refractivity contribution in [3.05, 3.63) is 83.2 Å². The van der Waals surface area contributed by atoms with Gasteiger partial charge < -0.3 is 4.74 Å². The Kier molecular flexibility index (Phi) is 5.18. The Balaban J connectivity index is 1.84. The third-order valence-electron chi connectivity index (χ3n) is 3.68. The fourth-order valence-electron chi connectivity index (χ4n) is 2.33. The van der Waals surface area contributed by atoms with E-state index in [2.05, 4.69) is 12.6 Å². The Bertz CT molecular complexity index is 911. The van der Waals surface area contributed by atoms with E-state index in [9.17, 15) is 22.0 Å². The highest BCUT2D eigenvalue weighted by Gasteiger charge is 2.15. The van der Waals surface area contributed by atoms with Gasteiger partial charge in [-0.2, -0.15) is 0 Å². The SMILES string of the molecule is Fc1cc(OCc2c(F)cc(-c3ccc(S)cc3)cc2F)cc(F)c1F. The van der Waals surface area contributed by atoms with Crippen molar-refractivity contribution in [3.8, 4) is 16.9 Å². The van der Waals surface area contributed by atoms with Crippen LogP contribution in [0.5, 0.6) is 5.75 Å². The van der Waals surface area contributed by atoms with E-state index in [-0.39, 0.29) is 5.75 Å². The monoisotopic (exact) mass is 382 g/mol. The first-order valence-corrected chi connectivity index (χ1v) is 7.84. The summed E-state index contributed by atoms with van der Waals surface area (Å²) < 4.78 is 72.7. The minimum atomic E-state index is -1.65. The Hall–Kier alpha value is -2.54. The van der Waals surface area contributed by atoms with E-state index < -0.39 is 41.3 Å². The molecule has 0 atom stereocenters. The molecule has 0 spiro atoms. The molecule has 3 aromatic rings. The number of rotatable bonds is 4. The van der Waals surface area contributed by atoms with Crippen molar-refractivity contribution >= 4 is 12.6 Å². The van der Waals surface area contributed by atoms with Gasteiger partial charge in [-0.15, -0.1) is 12.6 Å². The van der Waals surface area contributed by atoms with Crippen LogP contribution in [-0.4, -0.2) is 0 Å². The van der Waals surface area contributed by atoms with E-state index in [0.29, 0.717) is 28.2 Å². The van der Waals surface area contributed by atoms with Crippen LogP contribution >= 0.6 is 12.6 Å². The van der Waals surface area contributed by atoms with Crippen molar-refractivity contribution in [2.24, 2.45) is 0 Å². The number of benzene rings is 3. The second kappa shape index (κ2) is 7.37. The van der Waals surface area contributed by atoms with Gasteiger partial charge >= 0.3 is 0 Å². The van der Waals surface area contributed by atoms with E-state index in [4.69, 9.17) is 4.74 Å². The molecule has 3 aromatic carbocycles. The van der Waals surface area contributed by atoms with Crippen LogP contribution in [0.2, 0.25) is 0 Å². The molecule has 0 saturated heterocycles. The smallest absolute Gasteiger partial charge is 0.194 e. The molecule has 0 unspecified atom stereocenters. The number of hydrogen-bond donors (Lipinski definition) is 1. The molecule has 0 aliphatic rings. The lowest BCUT2D eigenvalue weighted by molar-refractivity contribution is 0.287. The Morgan fingerprint density at radius 3 is 1.77 bits per heavy atom. The average Bonchev–Trinajstić information content (AvgIpc) is 2.59. The molecule has 0 aliphatic carbocycles. The highest BCUT2D eigenvalue weighted by molar-refractivity contribution is 7.80. The lowest BCUT2D eigenvalue weighted by atomic mass is 10.0. The average molecular weight is 382 g/mol. The van der Waals surface area contributed by atoms with Crippen LogP contribution in [-0.2, 0) is 6.61 Å². The zero-order valence-electron chi connectivity index (χ0n) is 13.1. The minimum Gasteiger partial charge on any atom is -0.488 e. The molecule has 0 heterocycles. The molecule has 0 N–H and O–H groups in total. The molecule has 0 amide bonds. The fraction of sp³-hybridized carbons (Fsp3) is 0.0526. The van der Waals surface area contributed by atoms with Crippen LogP contribution in [0.3, 0.4) is 0 Å². The molecular weight excluding hydrogens is 371 g/mol. The second-order valence-electron chi connectivity index (χ2n) is 5.45. The molecule has 0 saturated carbocycles. The Morgan fingerprint density at radius 1 is 0.692 bits per heavy atom. The van der Waals surface area contributed by atoms with E-state index in [1.807, 2.05) is 0 Å². The van der Waals surface area contributed by atoms with E-state index >= 15 is 0 Å². The summed E-state index contributed by atoms with van der Waals surface area (Å²) in [5, 5.41) is 0. The minimum absolute atomic E-state index is 0.316. The third-order valence-corrected chi connectivity index (χ3v) is 3.98. The second-order valence-corrected chi connectivity index (χ2v) is 5.97. The van der Waals surface area contributed by atoms with Gasteiger partial charge in [-0.25, -0.2) is 22.0 Å². The van der Waals surface area contributed by atoms with Gasteiger partial charge in [0, 0.05) is 17.0 Å². The summed E-state index contributed by atoms with van der Waals surface area (Å²) in [5.74, 6) is -6.69. The van der Waals surface area contributed by atoms with Gasteiger partial charge in [-0.3, -0.25) is 0 Å². The molecule has 0 aromatic heterocycles. The summed E-state index contributed by atoms with van der Waals surface area (Å²) in [5.41, 5.74) is 0.497. The van der Waals surface area contributed by atoms with Crippen molar-refractivity contribution in [2.45, 2.75) is 11.5 Å². The first-order chi connectivity index (χ1) is 12.3. The summed E-state index contributed by atoms with van der Waals surface area (Å²) in [7, 11) is 0. The Labute approximate surface area is 151 Å². The topological polar surface area (TPSA) is 9.23 Å². The van der Waals surface area contributed by atoms with Gasteiger partial charge in [0.1, 0.15) is 24.0 Å². The molecule has 0 aliphatic heterocycles. The predicted molar refractivity (Wildman–Crippen MR) is 89.7 cm³/mol. The molecule has 7 heteroatoms. The van der Waals surface area contributed by atoms with Crippen LogP contribution in [0.4, 0.5) is 22.0 Å². The van der Waals surface area contributed by atoms with Crippen LogP contribution in [0, 0.1) is 29.1 Å². The summed E-state index contributed by atoms with van der Waals surface area (Å²) in [4.78, 5) is 0.707. The lowest BCUT2D eigenvalue weighted by Gasteiger charge is -2.11. The van der Waals surface area contributed by atoms with Gasteiger partial charge in [0.15, 0.2) is 17.5 Å². The standard InChI is InChI=1S/C19H11F5OS/c20-15-5-11(10-1-3-13(26)4-2-10)6-16(21)14(15)9-25-12-7-17(22)19(24)18(23)8-12/h1-8,26H,9H2. The van der Waals surface area contributed by atoms with E-state index in [1.54, 1.807) is 24.3 Å². The first kappa shape index (κ1) is 18.3. The quantitative estimate of drug-likeness (QED) is 0.335. The summed E-state index contributed by atoms with van der Waals surface area (Å²) in [6, 6.07) is 10.1. The molecule has 26 heavy (non-hydrogen) atoms. The third kappa shape index (κ3) is 3.83. The Morgan fingerprint density at radius 2 is 1.23 bits per heavy atom.